The molecule has 0 heterocycles. The molecule has 5 nitrogen and oxygen atoms in total. The van der Waals surface area contributed by atoms with Crippen molar-refractivity contribution in [1.29, 1.82) is 0 Å². The molecule has 2 rings (SSSR count). The van der Waals surface area contributed by atoms with Crippen LogP contribution in [-0.4, -0.2) is 32.7 Å². The van der Waals surface area contributed by atoms with Crippen LogP contribution in [0.5, 0.6) is 0 Å². The first-order valence-electron chi connectivity index (χ1n) is 7.28. The van der Waals surface area contributed by atoms with Crippen molar-refractivity contribution in [3.05, 3.63) is 59.4 Å². The minimum absolute atomic E-state index is 0.121. The van der Waals surface area contributed by atoms with E-state index in [1.807, 2.05) is 0 Å². The van der Waals surface area contributed by atoms with Crippen LogP contribution in [0.3, 0.4) is 0 Å². The Morgan fingerprint density at radius 3 is 2.46 bits per heavy atom. The fourth-order valence-electron chi connectivity index (χ4n) is 2.17. The highest BCUT2D eigenvalue weighted by molar-refractivity contribution is 7.89. The smallest absolute Gasteiger partial charge is 0.242 e. The molecule has 0 aliphatic heterocycles. The third-order valence-corrected chi connectivity index (χ3v) is 5.50. The highest BCUT2D eigenvalue weighted by Gasteiger charge is 2.20. The molecule has 0 saturated carbocycles. The predicted octanol–water partition coefficient (Wildman–Crippen LogP) is 2.57. The van der Waals surface area contributed by atoms with E-state index in [1.165, 1.54) is 32.3 Å². The van der Waals surface area contributed by atoms with Crippen LogP contribution in [0, 0.1) is 12.7 Å². The maximum atomic E-state index is 13.6. The highest BCUT2D eigenvalue weighted by atomic mass is 32.2. The van der Waals surface area contributed by atoms with Crippen molar-refractivity contribution < 1.29 is 17.6 Å². The maximum absolute atomic E-state index is 13.6. The van der Waals surface area contributed by atoms with Crippen molar-refractivity contribution in [3.8, 4) is 0 Å². The van der Waals surface area contributed by atoms with Gasteiger partial charge in [-0.3, -0.25) is 4.79 Å². The zero-order valence-electron chi connectivity index (χ0n) is 13.7. The molecular formula is C17H19FN2O3S. The molecule has 0 aliphatic carbocycles. The van der Waals surface area contributed by atoms with Gasteiger partial charge in [0.1, 0.15) is 5.82 Å². The van der Waals surface area contributed by atoms with E-state index in [2.05, 4.69) is 5.32 Å². The number of carbonyl (C=O) groups is 1. The standard InChI is InChI=1S/C17H19FN2O3S/c1-12-8-9-14(11-16(12)24(22,23)20(2)3)19-17(21)10-13-6-4-5-7-15(13)18/h4-9,11H,10H2,1-3H3,(H,19,21). The number of benzene rings is 2. The summed E-state index contributed by atoms with van der Waals surface area (Å²) in [4.78, 5) is 12.2. The molecule has 128 valence electrons. The molecule has 0 saturated heterocycles. The Morgan fingerprint density at radius 1 is 1.17 bits per heavy atom. The molecule has 0 unspecified atom stereocenters. The zero-order chi connectivity index (χ0) is 17.9. The molecule has 0 bridgehead atoms. The number of rotatable bonds is 5. The summed E-state index contributed by atoms with van der Waals surface area (Å²) >= 11 is 0. The highest BCUT2D eigenvalue weighted by Crippen LogP contribution is 2.22. The van der Waals surface area contributed by atoms with Crippen LogP contribution in [-0.2, 0) is 21.2 Å². The van der Waals surface area contributed by atoms with Crippen molar-refractivity contribution in [3.63, 3.8) is 0 Å². The first-order valence-corrected chi connectivity index (χ1v) is 8.72. The molecule has 0 aromatic heterocycles. The molecule has 1 amide bonds. The van der Waals surface area contributed by atoms with Crippen molar-refractivity contribution in [1.82, 2.24) is 4.31 Å². The molecule has 0 aliphatic rings. The molecule has 0 spiro atoms. The lowest BCUT2D eigenvalue weighted by atomic mass is 10.1. The second-order valence-corrected chi connectivity index (χ2v) is 7.70. The normalized spacial score (nSPS) is 11.5. The van der Waals surface area contributed by atoms with Gasteiger partial charge in [0.2, 0.25) is 15.9 Å². The van der Waals surface area contributed by atoms with Gasteiger partial charge in [0, 0.05) is 19.8 Å². The number of nitrogens with zero attached hydrogens (tertiary/aromatic N) is 1. The summed E-state index contributed by atoms with van der Waals surface area (Å²) in [5.41, 5.74) is 1.21. The Labute approximate surface area is 141 Å². The van der Waals surface area contributed by atoms with E-state index in [4.69, 9.17) is 0 Å². The minimum atomic E-state index is -3.61. The number of nitrogens with one attached hydrogen (secondary N) is 1. The van der Waals surface area contributed by atoms with Crippen LogP contribution in [0.25, 0.3) is 0 Å². The number of sulfonamides is 1. The minimum Gasteiger partial charge on any atom is -0.326 e. The second-order valence-electron chi connectivity index (χ2n) is 5.58. The van der Waals surface area contributed by atoms with Crippen LogP contribution in [0.4, 0.5) is 10.1 Å². The van der Waals surface area contributed by atoms with Gasteiger partial charge >= 0.3 is 0 Å². The van der Waals surface area contributed by atoms with Crippen molar-refractivity contribution >= 4 is 21.6 Å². The Kier molecular flexibility index (Phi) is 5.36. The van der Waals surface area contributed by atoms with Gasteiger partial charge in [-0.15, -0.1) is 0 Å². The lowest BCUT2D eigenvalue weighted by Crippen LogP contribution is -2.23. The fraction of sp³-hybridized carbons (Fsp3) is 0.235. The van der Waals surface area contributed by atoms with Crippen molar-refractivity contribution in [2.75, 3.05) is 19.4 Å². The molecule has 7 heteroatoms. The average Bonchev–Trinajstić information content (AvgIpc) is 2.51. The third kappa shape index (κ3) is 3.98. The molecule has 2 aromatic carbocycles. The van der Waals surface area contributed by atoms with Crippen LogP contribution in [0.2, 0.25) is 0 Å². The van der Waals surface area contributed by atoms with Gasteiger partial charge in [0.25, 0.3) is 0 Å². The monoisotopic (exact) mass is 350 g/mol. The summed E-state index contributed by atoms with van der Waals surface area (Å²) < 4.78 is 39.3. The van der Waals surface area contributed by atoms with Crippen LogP contribution in [0.1, 0.15) is 11.1 Å². The van der Waals surface area contributed by atoms with Gasteiger partial charge in [0.15, 0.2) is 0 Å². The van der Waals surface area contributed by atoms with Gasteiger partial charge in [-0.1, -0.05) is 24.3 Å². The van der Waals surface area contributed by atoms with E-state index in [0.29, 0.717) is 11.3 Å². The number of hydrogen-bond acceptors (Lipinski definition) is 3. The third-order valence-electron chi connectivity index (χ3n) is 3.54. The van der Waals surface area contributed by atoms with E-state index in [0.717, 1.165) is 4.31 Å². The van der Waals surface area contributed by atoms with Crippen LogP contribution < -0.4 is 5.32 Å². The molecule has 2 aromatic rings. The Morgan fingerprint density at radius 2 is 1.83 bits per heavy atom. The molecule has 0 fully saturated rings. The molecule has 1 N–H and O–H groups in total. The largest absolute Gasteiger partial charge is 0.326 e. The second kappa shape index (κ2) is 7.11. The Hall–Kier alpha value is -2.25. The number of amides is 1. The number of hydrogen-bond donors (Lipinski definition) is 1. The summed E-state index contributed by atoms with van der Waals surface area (Å²) in [5, 5.41) is 2.61. The van der Waals surface area contributed by atoms with Gasteiger partial charge in [-0.25, -0.2) is 17.1 Å². The first kappa shape index (κ1) is 18.1. The van der Waals surface area contributed by atoms with E-state index in [-0.39, 0.29) is 16.9 Å². The Balaban J connectivity index is 2.22. The molecular weight excluding hydrogens is 331 g/mol. The molecule has 0 atom stereocenters. The quantitative estimate of drug-likeness (QED) is 0.901. The predicted molar refractivity (Wildman–Crippen MR) is 90.8 cm³/mol. The Bertz CT molecular complexity index is 864. The maximum Gasteiger partial charge on any atom is 0.242 e. The fourth-order valence-corrected chi connectivity index (χ4v) is 3.32. The van der Waals surface area contributed by atoms with Crippen molar-refractivity contribution in [2.24, 2.45) is 0 Å². The number of halogens is 1. The van der Waals surface area contributed by atoms with Gasteiger partial charge in [-0.05, 0) is 36.2 Å². The summed E-state index contributed by atoms with van der Waals surface area (Å²) in [5.74, 6) is -0.871. The van der Waals surface area contributed by atoms with E-state index < -0.39 is 21.7 Å². The molecule has 24 heavy (non-hydrogen) atoms. The van der Waals surface area contributed by atoms with Crippen LogP contribution in [0.15, 0.2) is 47.4 Å². The lowest BCUT2D eigenvalue weighted by Gasteiger charge is -2.15. The van der Waals surface area contributed by atoms with Gasteiger partial charge in [-0.2, -0.15) is 0 Å². The molecule has 0 radical (unpaired) electrons. The number of carbonyl (C=O) groups excluding carboxylic acids is 1. The van der Waals surface area contributed by atoms with E-state index >= 15 is 0 Å². The first-order chi connectivity index (χ1) is 11.2. The van der Waals surface area contributed by atoms with Gasteiger partial charge < -0.3 is 5.32 Å². The summed E-state index contributed by atoms with van der Waals surface area (Å²) in [6.45, 7) is 1.68. The van der Waals surface area contributed by atoms with E-state index in [9.17, 15) is 17.6 Å². The lowest BCUT2D eigenvalue weighted by molar-refractivity contribution is -0.115. The number of aryl methyl sites for hydroxylation is 1. The zero-order valence-corrected chi connectivity index (χ0v) is 14.5. The summed E-state index contributed by atoms with van der Waals surface area (Å²) in [7, 11) is -0.724. The average molecular weight is 350 g/mol. The van der Waals surface area contributed by atoms with Crippen molar-refractivity contribution in [2.45, 2.75) is 18.2 Å². The summed E-state index contributed by atoms with van der Waals surface area (Å²) in [6, 6.07) is 10.7. The summed E-state index contributed by atoms with van der Waals surface area (Å²) in [6.07, 6.45) is -0.129. The van der Waals surface area contributed by atoms with Crippen LogP contribution >= 0.6 is 0 Å². The van der Waals surface area contributed by atoms with E-state index in [1.54, 1.807) is 31.2 Å². The number of anilines is 1. The van der Waals surface area contributed by atoms with Gasteiger partial charge in [0.05, 0.1) is 11.3 Å². The topological polar surface area (TPSA) is 66.5 Å². The SMILES string of the molecule is Cc1ccc(NC(=O)Cc2ccccc2F)cc1S(=O)(=O)N(C)C.